The molecule has 8 nitrogen and oxygen atoms in total. The number of anilines is 1. The van der Waals surface area contributed by atoms with Crippen LogP contribution in [0, 0.1) is 10.1 Å². The lowest BCUT2D eigenvalue weighted by Crippen LogP contribution is -2.25. The number of carbonyl (C=O) groups excluding carboxylic acids is 1. The number of pyridine rings is 1. The smallest absolute Gasteiger partial charge is 0.416 e. The largest absolute Gasteiger partial charge is 0.478 e. The van der Waals surface area contributed by atoms with E-state index in [0.717, 1.165) is 18.2 Å². The average molecular weight is 467 g/mol. The monoisotopic (exact) mass is 466 g/mol. The molecule has 30 heavy (non-hydrogen) atoms. The molecule has 162 valence electrons. The number of nitrogen functional groups attached to an aromatic ring is 1. The summed E-state index contributed by atoms with van der Waals surface area (Å²) in [5.74, 6) is -0.893. The fourth-order valence-electron chi connectivity index (χ4n) is 2.32. The number of unbranched alkanes of at least 4 members (excludes halogenated alkanes) is 1. The molecule has 0 aliphatic heterocycles. The van der Waals surface area contributed by atoms with E-state index in [-0.39, 0.29) is 40.5 Å². The Balaban J connectivity index is 1.83. The number of nitro benzene ring substituents is 1. The lowest BCUT2D eigenvalue weighted by molar-refractivity contribution is -0.383. The van der Waals surface area contributed by atoms with Crippen molar-refractivity contribution >= 4 is 40.5 Å². The Morgan fingerprint density at radius 3 is 2.57 bits per heavy atom. The Morgan fingerprint density at radius 2 is 1.93 bits per heavy atom. The van der Waals surface area contributed by atoms with Gasteiger partial charge in [0.2, 0.25) is 5.88 Å². The molecule has 0 saturated heterocycles. The molecule has 3 N–H and O–H groups in total. The van der Waals surface area contributed by atoms with E-state index in [2.05, 4.69) is 10.3 Å². The Morgan fingerprint density at radius 1 is 1.23 bits per heavy atom. The van der Waals surface area contributed by atoms with Crippen molar-refractivity contribution in [3.05, 3.63) is 55.7 Å². The normalized spacial score (nSPS) is 11.2. The molecule has 2 rings (SSSR count). The zero-order valence-electron chi connectivity index (χ0n) is 15.1. The second-order valence-electron chi connectivity index (χ2n) is 5.97. The van der Waals surface area contributed by atoms with E-state index in [1.165, 1.54) is 0 Å². The number of hydrogen-bond donors (Lipinski definition) is 2. The van der Waals surface area contributed by atoms with E-state index < -0.39 is 28.3 Å². The highest BCUT2D eigenvalue weighted by Crippen LogP contribution is 2.32. The van der Waals surface area contributed by atoms with Crippen LogP contribution in [0.3, 0.4) is 0 Å². The van der Waals surface area contributed by atoms with Gasteiger partial charge in [0.05, 0.1) is 27.7 Å². The summed E-state index contributed by atoms with van der Waals surface area (Å²) in [6, 6.07) is 3.54. The van der Waals surface area contributed by atoms with Crippen molar-refractivity contribution < 1.29 is 27.6 Å². The SMILES string of the molecule is Nc1cc(Cl)c(C(=O)NCCCCOc2cc(C(F)(F)F)cc(Cl)n2)cc1[N+](=O)[O-]. The van der Waals surface area contributed by atoms with E-state index in [9.17, 15) is 28.1 Å². The zero-order valence-corrected chi connectivity index (χ0v) is 16.6. The van der Waals surface area contributed by atoms with E-state index in [4.69, 9.17) is 33.7 Å². The summed E-state index contributed by atoms with van der Waals surface area (Å²) in [4.78, 5) is 26.0. The molecule has 2 aromatic rings. The number of nitrogens with zero attached hydrogens (tertiary/aromatic N) is 2. The van der Waals surface area contributed by atoms with Crippen molar-refractivity contribution in [3.63, 3.8) is 0 Å². The van der Waals surface area contributed by atoms with Gasteiger partial charge in [0.1, 0.15) is 10.8 Å². The molecule has 0 saturated carbocycles. The number of aromatic nitrogens is 1. The summed E-state index contributed by atoms with van der Waals surface area (Å²) in [5, 5.41) is 13.1. The number of nitrogens with two attached hydrogens (primary N) is 1. The van der Waals surface area contributed by atoms with Crippen LogP contribution in [-0.2, 0) is 6.18 Å². The molecule has 1 aromatic carbocycles. The Bertz CT molecular complexity index is 957. The van der Waals surface area contributed by atoms with Gasteiger partial charge in [0.15, 0.2) is 0 Å². The first-order chi connectivity index (χ1) is 14.0. The molecule has 0 unspecified atom stereocenters. The van der Waals surface area contributed by atoms with Crippen molar-refractivity contribution in [2.24, 2.45) is 0 Å². The summed E-state index contributed by atoms with van der Waals surface area (Å²) in [6.45, 7) is 0.210. The predicted molar refractivity (Wildman–Crippen MR) is 104 cm³/mol. The van der Waals surface area contributed by atoms with Gasteiger partial charge < -0.3 is 15.8 Å². The Labute approximate surface area is 178 Å². The van der Waals surface area contributed by atoms with Crippen molar-refractivity contribution in [2.75, 3.05) is 18.9 Å². The third-order valence-corrected chi connectivity index (χ3v) is 4.27. The van der Waals surface area contributed by atoms with Crippen LogP contribution in [0.2, 0.25) is 10.2 Å². The second kappa shape index (κ2) is 9.81. The highest BCUT2D eigenvalue weighted by atomic mass is 35.5. The molecule has 0 spiro atoms. The van der Waals surface area contributed by atoms with Gasteiger partial charge in [-0.05, 0) is 25.0 Å². The second-order valence-corrected chi connectivity index (χ2v) is 6.77. The van der Waals surface area contributed by atoms with Crippen LogP contribution in [0.5, 0.6) is 5.88 Å². The molecule has 1 aromatic heterocycles. The summed E-state index contributed by atoms with van der Waals surface area (Å²) >= 11 is 11.5. The number of nitro groups is 1. The molecule has 0 bridgehead atoms. The molecule has 0 radical (unpaired) electrons. The number of rotatable bonds is 8. The first-order valence-corrected chi connectivity index (χ1v) is 9.14. The number of carbonyl (C=O) groups is 1. The molecule has 0 atom stereocenters. The Hall–Kier alpha value is -2.79. The molecule has 0 fully saturated rings. The summed E-state index contributed by atoms with van der Waals surface area (Å²) in [5.41, 5.74) is 3.81. The lowest BCUT2D eigenvalue weighted by Gasteiger charge is -2.11. The molecule has 13 heteroatoms. The first-order valence-electron chi connectivity index (χ1n) is 8.38. The van der Waals surface area contributed by atoms with Crippen molar-refractivity contribution in [1.29, 1.82) is 0 Å². The number of alkyl halides is 3. The highest BCUT2D eigenvalue weighted by Gasteiger charge is 2.31. The molecular formula is C17H15Cl2F3N4O4. The number of ether oxygens (including phenoxy) is 1. The standard InChI is InChI=1S/C17H15Cl2F3N4O4/c18-11-8-12(23)13(26(28)29)7-10(11)16(27)24-3-1-2-4-30-15-6-9(17(20,21)22)5-14(19)25-15/h5-8H,1-4,23H2,(H,24,27). The van der Waals surface area contributed by atoms with Crippen LogP contribution in [0.15, 0.2) is 24.3 Å². The van der Waals surface area contributed by atoms with Gasteiger partial charge in [-0.15, -0.1) is 0 Å². The minimum atomic E-state index is -4.58. The minimum Gasteiger partial charge on any atom is -0.478 e. The van der Waals surface area contributed by atoms with Crippen molar-refractivity contribution in [1.82, 2.24) is 10.3 Å². The van der Waals surface area contributed by atoms with Gasteiger partial charge in [0, 0.05) is 18.7 Å². The highest BCUT2D eigenvalue weighted by molar-refractivity contribution is 6.34. The van der Waals surface area contributed by atoms with E-state index in [1.807, 2.05) is 0 Å². The summed E-state index contributed by atoms with van der Waals surface area (Å²) < 4.78 is 43.4. The first kappa shape index (κ1) is 23.5. The van der Waals surface area contributed by atoms with Crippen LogP contribution in [0.4, 0.5) is 24.5 Å². The molecule has 0 aliphatic rings. The van der Waals surface area contributed by atoms with Gasteiger partial charge >= 0.3 is 6.18 Å². The predicted octanol–water partition coefficient (Wildman–Crippen LogP) is 4.49. The van der Waals surface area contributed by atoms with Crippen molar-refractivity contribution in [3.8, 4) is 5.88 Å². The third kappa shape index (κ3) is 6.36. The fraction of sp³-hybridized carbons (Fsp3) is 0.294. The van der Waals surface area contributed by atoms with E-state index >= 15 is 0 Å². The van der Waals surface area contributed by atoms with Crippen LogP contribution in [0.1, 0.15) is 28.8 Å². The van der Waals surface area contributed by atoms with Gasteiger partial charge in [-0.2, -0.15) is 13.2 Å². The maximum atomic E-state index is 12.7. The topological polar surface area (TPSA) is 120 Å². The van der Waals surface area contributed by atoms with E-state index in [0.29, 0.717) is 18.9 Å². The maximum Gasteiger partial charge on any atom is 0.416 e. The number of amides is 1. The number of halogens is 5. The van der Waals surface area contributed by atoms with Crippen molar-refractivity contribution in [2.45, 2.75) is 19.0 Å². The lowest BCUT2D eigenvalue weighted by atomic mass is 10.1. The van der Waals surface area contributed by atoms with Gasteiger partial charge in [-0.25, -0.2) is 4.98 Å². The zero-order chi connectivity index (χ0) is 22.5. The van der Waals surface area contributed by atoms with Crippen LogP contribution < -0.4 is 15.8 Å². The molecule has 1 heterocycles. The van der Waals surface area contributed by atoms with Gasteiger partial charge in [-0.3, -0.25) is 14.9 Å². The van der Waals surface area contributed by atoms with Gasteiger partial charge in [0.25, 0.3) is 11.6 Å². The number of hydrogen-bond acceptors (Lipinski definition) is 6. The minimum absolute atomic E-state index is 0.0357. The van der Waals surface area contributed by atoms with Crippen LogP contribution in [0.25, 0.3) is 0 Å². The third-order valence-electron chi connectivity index (χ3n) is 3.76. The fourth-order valence-corrected chi connectivity index (χ4v) is 2.78. The van der Waals surface area contributed by atoms with Gasteiger partial charge in [-0.1, -0.05) is 23.2 Å². The van der Waals surface area contributed by atoms with E-state index in [1.54, 1.807) is 0 Å². The molecular weight excluding hydrogens is 452 g/mol. The quantitative estimate of drug-likeness (QED) is 0.194. The van der Waals surface area contributed by atoms with Crippen LogP contribution >= 0.6 is 23.2 Å². The summed E-state index contributed by atoms with van der Waals surface area (Å²) in [7, 11) is 0. The molecule has 1 amide bonds. The average Bonchev–Trinajstić information content (AvgIpc) is 2.63. The number of benzene rings is 1. The maximum absolute atomic E-state index is 12.7. The molecule has 0 aliphatic carbocycles. The Kier molecular flexibility index (Phi) is 7.68. The number of nitrogens with one attached hydrogen (secondary N) is 1. The summed E-state index contributed by atoms with van der Waals surface area (Å²) in [6.07, 6.45) is -3.79. The van der Waals surface area contributed by atoms with Crippen LogP contribution in [-0.4, -0.2) is 29.0 Å².